The first kappa shape index (κ1) is 20.5. The van der Waals surface area contributed by atoms with Crippen LogP contribution in [0, 0.1) is 0 Å². The highest BCUT2D eigenvalue weighted by atomic mass is 16.6. The van der Waals surface area contributed by atoms with E-state index in [9.17, 15) is 0 Å². The second-order valence-corrected chi connectivity index (χ2v) is 7.45. The van der Waals surface area contributed by atoms with Crippen LogP contribution in [0.3, 0.4) is 0 Å². The Morgan fingerprint density at radius 2 is 1.08 bits per heavy atom. The lowest BCUT2D eigenvalue weighted by Crippen LogP contribution is -2.58. The third-order valence-electron chi connectivity index (χ3n) is 5.69. The minimum Gasteiger partial charge on any atom is -0.379 e. The summed E-state index contributed by atoms with van der Waals surface area (Å²) in [6, 6.07) is 0. The Hall–Kier alpha value is -0.240. The molecule has 0 aromatic rings. The van der Waals surface area contributed by atoms with Crippen molar-refractivity contribution in [3.8, 4) is 0 Å². The van der Waals surface area contributed by atoms with Gasteiger partial charge in [-0.2, -0.15) is 0 Å². The second kappa shape index (κ2) is 11.6. The largest absolute Gasteiger partial charge is 0.379 e. The number of ether oxygens (including phenoxy) is 6. The highest BCUT2D eigenvalue weighted by Crippen LogP contribution is 2.40. The molecule has 3 atom stereocenters. The Bertz CT molecular complexity index is 379. The molecule has 0 aromatic heterocycles. The van der Waals surface area contributed by atoms with Crippen molar-refractivity contribution in [2.75, 3.05) is 59.5 Å². The van der Waals surface area contributed by atoms with Gasteiger partial charge in [0.05, 0.1) is 65.1 Å². The minimum absolute atomic E-state index is 0.0540. The summed E-state index contributed by atoms with van der Waals surface area (Å²) in [5.74, 6) is 0. The molecule has 3 fully saturated rings. The maximum atomic E-state index is 6.56. The lowest BCUT2D eigenvalue weighted by molar-refractivity contribution is -0.239. The molecule has 0 radical (unpaired) electrons. The summed E-state index contributed by atoms with van der Waals surface area (Å²) in [7, 11) is 0. The van der Waals surface area contributed by atoms with Crippen LogP contribution in [0.1, 0.15) is 51.4 Å². The summed E-state index contributed by atoms with van der Waals surface area (Å²) in [6.45, 7) is 5.80. The van der Waals surface area contributed by atoms with Gasteiger partial charge in [-0.3, -0.25) is 0 Å². The molecule has 2 saturated heterocycles. The average molecular weight is 373 g/mol. The Labute approximate surface area is 157 Å². The molecule has 3 rings (SSSR count). The molecular formula is C20H36O6. The van der Waals surface area contributed by atoms with Crippen molar-refractivity contribution in [1.29, 1.82) is 0 Å². The molecule has 0 aromatic carbocycles. The fourth-order valence-electron chi connectivity index (χ4n) is 4.38. The molecule has 152 valence electrons. The Morgan fingerprint density at radius 3 is 1.81 bits per heavy atom. The van der Waals surface area contributed by atoms with Crippen molar-refractivity contribution < 1.29 is 28.4 Å². The van der Waals surface area contributed by atoms with Gasteiger partial charge in [-0.15, -0.1) is 0 Å². The summed E-state index contributed by atoms with van der Waals surface area (Å²) in [5, 5.41) is 0. The smallest absolute Gasteiger partial charge is 0.120 e. The van der Waals surface area contributed by atoms with Gasteiger partial charge in [0.2, 0.25) is 0 Å². The lowest BCUT2D eigenvalue weighted by Gasteiger charge is -2.48. The molecule has 6 nitrogen and oxygen atoms in total. The first-order chi connectivity index (χ1) is 12.9. The molecule has 0 bridgehead atoms. The molecule has 3 unspecified atom stereocenters. The van der Waals surface area contributed by atoms with Crippen LogP contribution in [-0.2, 0) is 28.4 Å². The van der Waals surface area contributed by atoms with Gasteiger partial charge in [-0.05, 0) is 25.7 Å². The fraction of sp³-hybridized carbons (Fsp3) is 1.00. The summed E-state index contributed by atoms with van der Waals surface area (Å²) >= 11 is 0. The van der Waals surface area contributed by atoms with E-state index in [0.29, 0.717) is 52.9 Å². The van der Waals surface area contributed by atoms with Crippen LogP contribution in [-0.4, -0.2) is 77.3 Å². The molecule has 0 amide bonds. The molecule has 6 heteroatoms. The van der Waals surface area contributed by atoms with Crippen LogP contribution in [0.2, 0.25) is 0 Å². The van der Waals surface area contributed by atoms with Gasteiger partial charge in [-0.25, -0.2) is 0 Å². The van der Waals surface area contributed by atoms with Crippen LogP contribution < -0.4 is 0 Å². The highest BCUT2D eigenvalue weighted by molar-refractivity contribution is 5.00. The van der Waals surface area contributed by atoms with Crippen molar-refractivity contribution >= 4 is 0 Å². The molecule has 2 aliphatic heterocycles. The molecule has 26 heavy (non-hydrogen) atoms. The van der Waals surface area contributed by atoms with E-state index in [4.69, 9.17) is 28.4 Å². The number of hydrogen-bond acceptors (Lipinski definition) is 6. The zero-order valence-electron chi connectivity index (χ0n) is 16.1. The van der Waals surface area contributed by atoms with Gasteiger partial charge in [-0.1, -0.05) is 25.7 Å². The Morgan fingerprint density at radius 1 is 0.500 bits per heavy atom. The normalized spacial score (nSPS) is 36.9. The quantitative estimate of drug-likeness (QED) is 0.652. The van der Waals surface area contributed by atoms with Gasteiger partial charge in [0.25, 0.3) is 0 Å². The maximum absolute atomic E-state index is 6.56. The molecule has 0 N–H and O–H groups in total. The van der Waals surface area contributed by atoms with Crippen LogP contribution in [0.15, 0.2) is 0 Å². The predicted octanol–water partition coefficient (Wildman–Crippen LogP) is 2.72. The molecular weight excluding hydrogens is 336 g/mol. The SMILES string of the molecule is C1CCOCCOCCOC23CCCCC2OCCOCCOC3CC1. The molecule has 1 spiro atoms. The first-order valence-corrected chi connectivity index (χ1v) is 10.5. The van der Waals surface area contributed by atoms with Crippen molar-refractivity contribution in [1.82, 2.24) is 0 Å². The molecule has 1 saturated carbocycles. The second-order valence-electron chi connectivity index (χ2n) is 7.45. The topological polar surface area (TPSA) is 55.4 Å². The van der Waals surface area contributed by atoms with Crippen LogP contribution in [0.25, 0.3) is 0 Å². The van der Waals surface area contributed by atoms with Crippen molar-refractivity contribution in [2.24, 2.45) is 0 Å². The van der Waals surface area contributed by atoms with Crippen LogP contribution >= 0.6 is 0 Å². The zero-order valence-corrected chi connectivity index (χ0v) is 16.1. The van der Waals surface area contributed by atoms with E-state index >= 15 is 0 Å². The predicted molar refractivity (Wildman–Crippen MR) is 97.6 cm³/mol. The Balaban J connectivity index is 1.74. The lowest BCUT2D eigenvalue weighted by atomic mass is 9.76. The van der Waals surface area contributed by atoms with E-state index in [0.717, 1.165) is 45.1 Å². The van der Waals surface area contributed by atoms with Crippen molar-refractivity contribution in [2.45, 2.75) is 69.2 Å². The molecule has 1 aliphatic carbocycles. The summed E-state index contributed by atoms with van der Waals surface area (Å²) in [6.07, 6.45) is 8.91. The van der Waals surface area contributed by atoms with E-state index in [1.807, 2.05) is 0 Å². The van der Waals surface area contributed by atoms with Gasteiger partial charge < -0.3 is 28.4 Å². The summed E-state index contributed by atoms with van der Waals surface area (Å²) < 4.78 is 36.1. The summed E-state index contributed by atoms with van der Waals surface area (Å²) in [5.41, 5.74) is -0.348. The van der Waals surface area contributed by atoms with Gasteiger partial charge in [0.15, 0.2) is 0 Å². The minimum atomic E-state index is -0.348. The van der Waals surface area contributed by atoms with Gasteiger partial charge >= 0.3 is 0 Å². The third-order valence-corrected chi connectivity index (χ3v) is 5.69. The van der Waals surface area contributed by atoms with Crippen LogP contribution in [0.4, 0.5) is 0 Å². The van der Waals surface area contributed by atoms with Gasteiger partial charge in [0, 0.05) is 6.61 Å². The summed E-state index contributed by atoms with van der Waals surface area (Å²) in [4.78, 5) is 0. The average Bonchev–Trinajstić information content (AvgIpc) is 2.67. The van der Waals surface area contributed by atoms with Gasteiger partial charge in [0.1, 0.15) is 5.60 Å². The van der Waals surface area contributed by atoms with Crippen molar-refractivity contribution in [3.05, 3.63) is 0 Å². The first-order valence-electron chi connectivity index (χ1n) is 10.5. The van der Waals surface area contributed by atoms with E-state index < -0.39 is 0 Å². The van der Waals surface area contributed by atoms with Crippen LogP contribution in [0.5, 0.6) is 0 Å². The number of hydrogen-bond donors (Lipinski definition) is 0. The zero-order chi connectivity index (χ0) is 17.9. The monoisotopic (exact) mass is 372 g/mol. The van der Waals surface area contributed by atoms with E-state index in [1.165, 1.54) is 12.8 Å². The Kier molecular flexibility index (Phi) is 9.12. The molecule has 3 aliphatic rings. The van der Waals surface area contributed by atoms with Crippen molar-refractivity contribution in [3.63, 3.8) is 0 Å². The maximum Gasteiger partial charge on any atom is 0.120 e. The fourth-order valence-corrected chi connectivity index (χ4v) is 4.38. The standard InChI is InChI=1S/C20H36O6/c1-2-6-18-20(26-17-14-22-11-10-21-9-5-1)8-4-3-7-19(20)25-16-13-23-12-15-24-18/h18-19H,1-17H2. The molecule has 2 heterocycles. The highest BCUT2D eigenvalue weighted by Gasteiger charge is 2.49. The number of rotatable bonds is 0. The third kappa shape index (κ3) is 5.88. The van der Waals surface area contributed by atoms with E-state index in [2.05, 4.69) is 0 Å². The van der Waals surface area contributed by atoms with E-state index in [-0.39, 0.29) is 17.8 Å². The van der Waals surface area contributed by atoms with E-state index in [1.54, 1.807) is 0 Å².